The summed E-state index contributed by atoms with van der Waals surface area (Å²) >= 11 is 8.82. The molecule has 0 aliphatic rings. The monoisotopic (exact) mass is 402 g/mol. The molecule has 0 spiro atoms. The van der Waals surface area contributed by atoms with Gasteiger partial charge in [0, 0.05) is 13.2 Å². The van der Waals surface area contributed by atoms with E-state index in [1.54, 1.807) is 20.8 Å². The summed E-state index contributed by atoms with van der Waals surface area (Å²) < 4.78 is 46.2. The van der Waals surface area contributed by atoms with Gasteiger partial charge in [-0.15, -0.1) is 0 Å². The minimum atomic E-state index is -4.09. The maximum atomic E-state index is 14.0. The Hall–Kier alpha value is -0.410. The van der Waals surface area contributed by atoms with E-state index in [0.29, 0.717) is 6.61 Å². The predicted molar refractivity (Wildman–Crippen MR) is 84.4 cm³/mol. The first kappa shape index (κ1) is 18.6. The van der Waals surface area contributed by atoms with Crippen LogP contribution in [0.3, 0.4) is 0 Å². The quantitative estimate of drug-likeness (QED) is 0.565. The summed E-state index contributed by atoms with van der Waals surface area (Å²) in [6.45, 7) is 5.65. The number of anilines is 1. The van der Waals surface area contributed by atoms with E-state index < -0.39 is 26.3 Å². The number of nitrogens with two attached hydrogens (primary N) is 1. The summed E-state index contributed by atoms with van der Waals surface area (Å²) in [5, 5.41) is 0.0124. The summed E-state index contributed by atoms with van der Waals surface area (Å²) in [6, 6.07) is 1.01. The number of hydrogen-bond acceptors (Lipinski definition) is 4. The Labute approximate surface area is 137 Å². The van der Waals surface area contributed by atoms with Gasteiger partial charge >= 0.3 is 0 Å². The molecule has 0 aromatic heterocycles. The minimum Gasteiger partial charge on any atom is -0.395 e. The number of sulfonamides is 1. The molecule has 3 N–H and O–H groups in total. The zero-order valence-electron chi connectivity index (χ0n) is 11.8. The molecule has 1 aromatic rings. The van der Waals surface area contributed by atoms with Crippen LogP contribution in [0.4, 0.5) is 10.1 Å². The molecule has 0 radical (unpaired) electrons. The number of ether oxygens (including phenoxy) is 1. The molecular formula is C12H17BrClFN2O3S. The zero-order chi connectivity index (χ0) is 16.4. The summed E-state index contributed by atoms with van der Waals surface area (Å²) in [5.41, 5.74) is 4.41. The van der Waals surface area contributed by atoms with Crippen molar-refractivity contribution in [2.75, 3.05) is 18.9 Å². The number of rotatable bonds is 6. The summed E-state index contributed by atoms with van der Waals surface area (Å²) in [4.78, 5) is -0.597. The Balaban J connectivity index is 3.10. The van der Waals surface area contributed by atoms with Gasteiger partial charge in [0.15, 0.2) is 5.82 Å². The van der Waals surface area contributed by atoms with E-state index in [1.807, 2.05) is 0 Å². The fourth-order valence-electron chi connectivity index (χ4n) is 1.58. The minimum absolute atomic E-state index is 0.0124. The molecule has 0 aliphatic heterocycles. The first-order chi connectivity index (χ1) is 9.52. The molecule has 0 unspecified atom stereocenters. The van der Waals surface area contributed by atoms with Gasteiger partial charge in [-0.25, -0.2) is 17.5 Å². The van der Waals surface area contributed by atoms with E-state index in [4.69, 9.17) is 22.1 Å². The fourth-order valence-corrected chi connectivity index (χ4v) is 3.46. The molecule has 0 saturated heterocycles. The van der Waals surface area contributed by atoms with Gasteiger partial charge < -0.3 is 10.5 Å². The lowest BCUT2D eigenvalue weighted by Crippen LogP contribution is -2.40. The van der Waals surface area contributed by atoms with Crippen LogP contribution in [0.5, 0.6) is 0 Å². The Bertz CT molecular complexity index is 638. The number of nitrogens with one attached hydrogen (secondary N) is 1. The van der Waals surface area contributed by atoms with E-state index in [1.165, 1.54) is 0 Å². The second-order valence-electron chi connectivity index (χ2n) is 4.92. The lowest BCUT2D eigenvalue weighted by Gasteiger charge is -2.25. The average Bonchev–Trinajstić information content (AvgIpc) is 2.38. The molecule has 21 heavy (non-hydrogen) atoms. The number of halogens is 3. The molecule has 0 fully saturated rings. The first-order valence-electron chi connectivity index (χ1n) is 6.08. The first-order valence-corrected chi connectivity index (χ1v) is 8.74. The average molecular weight is 404 g/mol. The van der Waals surface area contributed by atoms with Crippen molar-refractivity contribution in [2.45, 2.75) is 31.3 Å². The van der Waals surface area contributed by atoms with E-state index in [2.05, 4.69) is 20.7 Å². The molecule has 0 saturated carbocycles. The largest absolute Gasteiger partial charge is 0.395 e. The molecule has 1 rings (SSSR count). The van der Waals surface area contributed by atoms with Crippen molar-refractivity contribution in [3.8, 4) is 0 Å². The van der Waals surface area contributed by atoms with E-state index in [-0.39, 0.29) is 21.7 Å². The number of benzene rings is 1. The van der Waals surface area contributed by atoms with Crippen molar-refractivity contribution >= 4 is 43.2 Å². The van der Waals surface area contributed by atoms with E-state index in [9.17, 15) is 12.8 Å². The molecule has 0 bridgehead atoms. The fraction of sp³-hybridized carbons (Fsp3) is 0.500. The van der Waals surface area contributed by atoms with E-state index >= 15 is 0 Å². The van der Waals surface area contributed by atoms with Crippen molar-refractivity contribution in [3.05, 3.63) is 21.4 Å². The lowest BCUT2D eigenvalue weighted by atomic mass is 10.1. The van der Waals surface area contributed by atoms with Crippen LogP contribution in [-0.4, -0.2) is 27.2 Å². The van der Waals surface area contributed by atoms with Crippen molar-refractivity contribution in [1.82, 2.24) is 4.72 Å². The Morgan fingerprint density at radius 2 is 2.10 bits per heavy atom. The maximum absolute atomic E-state index is 14.0. The molecule has 0 amide bonds. The topological polar surface area (TPSA) is 81.4 Å². The summed E-state index contributed by atoms with van der Waals surface area (Å²) in [7, 11) is -4.09. The molecule has 0 atom stereocenters. The highest BCUT2D eigenvalue weighted by molar-refractivity contribution is 9.10. The Kier molecular flexibility index (Phi) is 6.02. The van der Waals surface area contributed by atoms with Crippen molar-refractivity contribution in [3.63, 3.8) is 0 Å². The Morgan fingerprint density at radius 1 is 1.52 bits per heavy atom. The maximum Gasteiger partial charge on any atom is 0.243 e. The van der Waals surface area contributed by atoms with Crippen LogP contribution in [0.2, 0.25) is 5.02 Å². The molecule has 0 heterocycles. The molecular weight excluding hydrogens is 387 g/mol. The molecule has 1 aromatic carbocycles. The molecule has 5 nitrogen and oxygen atoms in total. The Morgan fingerprint density at radius 3 is 2.62 bits per heavy atom. The highest BCUT2D eigenvalue weighted by Crippen LogP contribution is 2.34. The van der Waals surface area contributed by atoms with Gasteiger partial charge in [-0.3, -0.25) is 0 Å². The highest BCUT2D eigenvalue weighted by Gasteiger charge is 2.27. The second kappa shape index (κ2) is 6.78. The van der Waals surface area contributed by atoms with Crippen molar-refractivity contribution in [2.24, 2.45) is 0 Å². The van der Waals surface area contributed by atoms with Crippen LogP contribution < -0.4 is 10.5 Å². The van der Waals surface area contributed by atoms with Gasteiger partial charge in [0.1, 0.15) is 4.90 Å². The summed E-state index contributed by atoms with van der Waals surface area (Å²) in [5.74, 6) is -1.05. The van der Waals surface area contributed by atoms with E-state index in [0.717, 1.165) is 6.07 Å². The molecule has 0 aliphatic carbocycles. The van der Waals surface area contributed by atoms with Crippen LogP contribution >= 0.6 is 27.5 Å². The van der Waals surface area contributed by atoms with Gasteiger partial charge in [-0.1, -0.05) is 11.6 Å². The number of nitrogen functional groups attached to an aromatic ring is 1. The third kappa shape index (κ3) is 4.53. The summed E-state index contributed by atoms with van der Waals surface area (Å²) in [6.07, 6.45) is 0. The number of hydrogen-bond donors (Lipinski definition) is 2. The smallest absolute Gasteiger partial charge is 0.243 e. The van der Waals surface area contributed by atoms with Crippen LogP contribution in [-0.2, 0) is 14.8 Å². The lowest BCUT2D eigenvalue weighted by molar-refractivity contribution is -0.00515. The van der Waals surface area contributed by atoms with Crippen LogP contribution in [0.25, 0.3) is 0 Å². The van der Waals surface area contributed by atoms with Crippen molar-refractivity contribution in [1.29, 1.82) is 0 Å². The van der Waals surface area contributed by atoms with Crippen LogP contribution in [0.1, 0.15) is 20.8 Å². The van der Waals surface area contributed by atoms with Gasteiger partial charge in [-0.2, -0.15) is 0 Å². The zero-order valence-corrected chi connectivity index (χ0v) is 15.0. The van der Waals surface area contributed by atoms with Gasteiger partial charge in [0.25, 0.3) is 0 Å². The third-order valence-electron chi connectivity index (χ3n) is 2.67. The highest BCUT2D eigenvalue weighted by atomic mass is 79.9. The van der Waals surface area contributed by atoms with Gasteiger partial charge in [-0.05, 0) is 42.8 Å². The van der Waals surface area contributed by atoms with Gasteiger partial charge in [0.05, 0.1) is 20.8 Å². The van der Waals surface area contributed by atoms with Crippen LogP contribution in [0.15, 0.2) is 15.4 Å². The molecule has 120 valence electrons. The molecule has 9 heteroatoms. The third-order valence-corrected chi connectivity index (χ3v) is 5.45. The normalized spacial score (nSPS) is 12.7. The van der Waals surface area contributed by atoms with Gasteiger partial charge in [0.2, 0.25) is 10.0 Å². The second-order valence-corrected chi connectivity index (χ2v) is 7.85. The predicted octanol–water partition coefficient (Wildman–Crippen LogP) is 2.92. The van der Waals surface area contributed by atoms with Crippen molar-refractivity contribution < 1.29 is 17.5 Å². The standard InChI is InChI=1S/C12H17BrClFN2O3S/c1-4-20-12(2,3)6-17-21(18,19)8-5-7(14)9(13)11(16)10(8)15/h5,17H,4,6,16H2,1-3H3. The SMILES string of the molecule is CCOC(C)(C)CNS(=O)(=O)c1cc(Cl)c(Br)c(N)c1F. The van der Waals surface area contributed by atoms with Crippen LogP contribution in [0, 0.1) is 5.82 Å².